The highest BCUT2D eigenvalue weighted by atomic mass is 79.9. The Morgan fingerprint density at radius 3 is 2.92 bits per heavy atom. The average molecular weight is 239 g/mol. The van der Waals surface area contributed by atoms with E-state index in [9.17, 15) is 4.79 Å². The fourth-order valence-electron chi connectivity index (χ4n) is 1.31. The second-order valence-corrected chi connectivity index (χ2v) is 3.65. The first-order valence-electron chi connectivity index (χ1n) is 3.80. The highest BCUT2D eigenvalue weighted by Gasteiger charge is 2.03. The molecule has 4 heteroatoms. The van der Waals surface area contributed by atoms with Crippen molar-refractivity contribution in [1.82, 2.24) is 9.55 Å². The molecule has 0 unspecified atom stereocenters. The molecule has 0 saturated heterocycles. The summed E-state index contributed by atoms with van der Waals surface area (Å²) in [5, 5.41) is 0.638. The van der Waals surface area contributed by atoms with Gasteiger partial charge in [0.1, 0.15) is 0 Å². The van der Waals surface area contributed by atoms with Crippen LogP contribution in [-0.2, 0) is 7.05 Å². The minimum absolute atomic E-state index is 0.186. The Labute approximate surface area is 83.2 Å². The average Bonchev–Trinajstić information content (AvgIpc) is 2.12. The molecule has 0 aliphatic heterocycles. The number of hydrogen-bond donors (Lipinski definition) is 0. The van der Waals surface area contributed by atoms with E-state index in [-0.39, 0.29) is 5.56 Å². The van der Waals surface area contributed by atoms with Gasteiger partial charge in [-0.3, -0.25) is 4.79 Å². The zero-order valence-electron chi connectivity index (χ0n) is 6.99. The molecule has 0 atom stereocenters. The summed E-state index contributed by atoms with van der Waals surface area (Å²) in [6.07, 6.45) is 1.52. The monoisotopic (exact) mass is 238 g/mol. The predicted octanol–water partition coefficient (Wildman–Crippen LogP) is 1.70. The summed E-state index contributed by atoms with van der Waals surface area (Å²) in [4.78, 5) is 15.1. The zero-order valence-corrected chi connectivity index (χ0v) is 8.58. The number of rotatable bonds is 0. The molecule has 2 rings (SSSR count). The maximum absolute atomic E-state index is 11.3. The van der Waals surface area contributed by atoms with E-state index >= 15 is 0 Å². The first-order valence-corrected chi connectivity index (χ1v) is 4.59. The van der Waals surface area contributed by atoms with Gasteiger partial charge in [0.25, 0.3) is 5.56 Å². The van der Waals surface area contributed by atoms with Crippen LogP contribution in [0.25, 0.3) is 10.9 Å². The molecule has 1 aromatic heterocycles. The lowest BCUT2D eigenvalue weighted by molar-refractivity contribution is 0.899. The number of aromatic nitrogens is 2. The molecule has 0 N–H and O–H groups in total. The van der Waals surface area contributed by atoms with Crippen molar-refractivity contribution < 1.29 is 0 Å². The van der Waals surface area contributed by atoms with Crippen LogP contribution in [0.15, 0.2) is 33.8 Å². The SMILES string of the molecule is Cn1cnc(=O)c2cccc(Br)c21. The number of hydrogen-bond acceptors (Lipinski definition) is 2. The third-order valence-corrected chi connectivity index (χ3v) is 2.56. The van der Waals surface area contributed by atoms with Gasteiger partial charge in [-0.1, -0.05) is 6.07 Å². The lowest BCUT2D eigenvalue weighted by Crippen LogP contribution is -2.10. The van der Waals surface area contributed by atoms with Crippen molar-refractivity contribution in [2.45, 2.75) is 0 Å². The normalized spacial score (nSPS) is 10.6. The molecule has 1 heterocycles. The van der Waals surface area contributed by atoms with E-state index in [1.54, 1.807) is 6.07 Å². The third kappa shape index (κ3) is 1.27. The molecule has 0 saturated carbocycles. The Bertz CT molecular complexity index is 510. The van der Waals surface area contributed by atoms with Crippen LogP contribution in [0.3, 0.4) is 0 Å². The Morgan fingerprint density at radius 2 is 2.23 bits per heavy atom. The lowest BCUT2D eigenvalue weighted by atomic mass is 10.2. The van der Waals surface area contributed by atoms with Crippen LogP contribution in [0.4, 0.5) is 0 Å². The van der Waals surface area contributed by atoms with Gasteiger partial charge >= 0.3 is 0 Å². The van der Waals surface area contributed by atoms with Crippen LogP contribution in [-0.4, -0.2) is 9.55 Å². The van der Waals surface area contributed by atoms with Crippen molar-refractivity contribution in [3.05, 3.63) is 39.4 Å². The van der Waals surface area contributed by atoms with Gasteiger partial charge in [0.15, 0.2) is 0 Å². The molecule has 1 aromatic carbocycles. The standard InChI is InChI=1S/C9H7BrN2O/c1-12-5-11-9(13)6-3-2-4-7(10)8(6)12/h2-5H,1H3. The molecule has 0 fully saturated rings. The van der Waals surface area contributed by atoms with Crippen molar-refractivity contribution in [2.24, 2.45) is 7.05 Å². The highest BCUT2D eigenvalue weighted by Crippen LogP contribution is 2.19. The number of nitrogens with zero attached hydrogens (tertiary/aromatic N) is 2. The number of aryl methyl sites for hydroxylation is 1. The first-order chi connectivity index (χ1) is 6.20. The maximum Gasteiger partial charge on any atom is 0.280 e. The van der Waals surface area contributed by atoms with Crippen molar-refractivity contribution >= 4 is 26.8 Å². The van der Waals surface area contributed by atoms with Crippen LogP contribution in [0, 0.1) is 0 Å². The molecule has 66 valence electrons. The predicted molar refractivity (Wildman–Crippen MR) is 54.7 cm³/mol. The number of para-hydroxylation sites is 1. The maximum atomic E-state index is 11.3. The smallest absolute Gasteiger partial charge is 0.280 e. The van der Waals surface area contributed by atoms with Gasteiger partial charge in [0, 0.05) is 11.5 Å². The number of halogens is 1. The summed E-state index contributed by atoms with van der Waals surface area (Å²) >= 11 is 3.39. The van der Waals surface area contributed by atoms with E-state index in [4.69, 9.17) is 0 Å². The van der Waals surface area contributed by atoms with Crippen molar-refractivity contribution in [2.75, 3.05) is 0 Å². The molecule has 2 aromatic rings. The van der Waals surface area contributed by atoms with E-state index in [1.165, 1.54) is 6.33 Å². The summed E-state index contributed by atoms with van der Waals surface area (Å²) in [5.41, 5.74) is 0.692. The highest BCUT2D eigenvalue weighted by molar-refractivity contribution is 9.10. The molecule has 0 radical (unpaired) electrons. The van der Waals surface area contributed by atoms with Gasteiger partial charge in [-0.25, -0.2) is 0 Å². The Morgan fingerprint density at radius 1 is 1.46 bits per heavy atom. The molecular weight excluding hydrogens is 232 g/mol. The molecule has 0 bridgehead atoms. The van der Waals surface area contributed by atoms with Crippen LogP contribution in [0.2, 0.25) is 0 Å². The Kier molecular flexibility index (Phi) is 1.92. The van der Waals surface area contributed by atoms with Crippen LogP contribution < -0.4 is 5.56 Å². The van der Waals surface area contributed by atoms with Gasteiger partial charge in [0.2, 0.25) is 0 Å². The Balaban J connectivity index is 3.09. The summed E-state index contributed by atoms with van der Waals surface area (Å²) in [5.74, 6) is 0. The summed E-state index contributed by atoms with van der Waals surface area (Å²) in [7, 11) is 1.86. The molecule has 13 heavy (non-hydrogen) atoms. The molecular formula is C9H7BrN2O. The summed E-state index contributed by atoms with van der Waals surface area (Å²) < 4.78 is 2.73. The van der Waals surface area contributed by atoms with Crippen molar-refractivity contribution in [3.63, 3.8) is 0 Å². The van der Waals surface area contributed by atoms with Crippen molar-refractivity contribution in [3.8, 4) is 0 Å². The van der Waals surface area contributed by atoms with E-state index in [0.717, 1.165) is 9.99 Å². The quantitative estimate of drug-likeness (QED) is 0.701. The molecule has 0 aliphatic rings. The zero-order chi connectivity index (χ0) is 9.42. The van der Waals surface area contributed by atoms with Gasteiger partial charge in [-0.2, -0.15) is 4.98 Å². The van der Waals surface area contributed by atoms with Gasteiger partial charge in [0.05, 0.1) is 17.2 Å². The second kappa shape index (κ2) is 2.96. The second-order valence-electron chi connectivity index (χ2n) is 2.80. The molecule has 3 nitrogen and oxygen atoms in total. The topological polar surface area (TPSA) is 34.9 Å². The fraction of sp³-hybridized carbons (Fsp3) is 0.111. The first kappa shape index (κ1) is 8.44. The Hall–Kier alpha value is -1.16. The van der Waals surface area contributed by atoms with Gasteiger partial charge in [-0.15, -0.1) is 0 Å². The van der Waals surface area contributed by atoms with Crippen LogP contribution in [0.1, 0.15) is 0 Å². The van der Waals surface area contributed by atoms with Gasteiger partial charge < -0.3 is 4.57 Å². The summed E-state index contributed by atoms with van der Waals surface area (Å²) in [6, 6.07) is 5.51. The van der Waals surface area contributed by atoms with E-state index in [1.807, 2.05) is 23.7 Å². The lowest BCUT2D eigenvalue weighted by Gasteiger charge is -2.04. The molecule has 0 spiro atoms. The largest absolute Gasteiger partial charge is 0.334 e. The number of fused-ring (bicyclic) bond motifs is 1. The van der Waals surface area contributed by atoms with E-state index in [2.05, 4.69) is 20.9 Å². The number of benzene rings is 1. The molecule has 0 amide bonds. The third-order valence-electron chi connectivity index (χ3n) is 1.92. The summed E-state index contributed by atoms with van der Waals surface area (Å²) in [6.45, 7) is 0. The minimum Gasteiger partial charge on any atom is -0.334 e. The van der Waals surface area contributed by atoms with E-state index in [0.29, 0.717) is 5.39 Å². The van der Waals surface area contributed by atoms with Crippen molar-refractivity contribution in [1.29, 1.82) is 0 Å². The van der Waals surface area contributed by atoms with Crippen LogP contribution in [0.5, 0.6) is 0 Å². The fourth-order valence-corrected chi connectivity index (χ4v) is 1.96. The minimum atomic E-state index is -0.186. The molecule has 0 aliphatic carbocycles. The van der Waals surface area contributed by atoms with Gasteiger partial charge in [-0.05, 0) is 28.1 Å². The van der Waals surface area contributed by atoms with Crippen LogP contribution >= 0.6 is 15.9 Å². The van der Waals surface area contributed by atoms with E-state index < -0.39 is 0 Å².